The van der Waals surface area contributed by atoms with Gasteiger partial charge in [-0.3, -0.25) is 0 Å². The molecule has 0 fully saturated rings. The zero-order valence-corrected chi connectivity index (χ0v) is 43.8. The summed E-state index contributed by atoms with van der Waals surface area (Å²) in [6.07, 6.45) is 0. The average molecular weight is 952 g/mol. The van der Waals surface area contributed by atoms with Crippen LogP contribution < -0.4 is 4.90 Å². The fourth-order valence-electron chi connectivity index (χ4n) is 13.8. The van der Waals surface area contributed by atoms with Gasteiger partial charge in [-0.25, -0.2) is 0 Å². The molecule has 0 aliphatic heterocycles. The molecule has 0 aromatic heterocycles. The van der Waals surface area contributed by atoms with Crippen LogP contribution in [0.1, 0.15) is 105 Å². The van der Waals surface area contributed by atoms with Crippen molar-refractivity contribution in [2.45, 2.75) is 77.0 Å². The lowest BCUT2D eigenvalue weighted by molar-refractivity contribution is 0.372. The largest absolute Gasteiger partial charge is 0.310 e. The van der Waals surface area contributed by atoms with Crippen molar-refractivity contribution in [1.82, 2.24) is 0 Å². The van der Waals surface area contributed by atoms with Crippen LogP contribution in [-0.4, -0.2) is 0 Å². The summed E-state index contributed by atoms with van der Waals surface area (Å²) in [4.78, 5) is 2.49. The van der Waals surface area contributed by atoms with Crippen LogP contribution in [0.15, 0.2) is 218 Å². The predicted molar refractivity (Wildman–Crippen MR) is 311 cm³/mol. The Hall–Kier alpha value is -8.00. The zero-order chi connectivity index (χ0) is 50.5. The van der Waals surface area contributed by atoms with Gasteiger partial charge >= 0.3 is 0 Å². The van der Waals surface area contributed by atoms with Gasteiger partial charge in [-0.1, -0.05) is 225 Å². The second-order valence-corrected chi connectivity index (χ2v) is 23.5. The second-order valence-electron chi connectivity index (χ2n) is 23.5. The van der Waals surface area contributed by atoms with Crippen molar-refractivity contribution in [3.8, 4) is 66.8 Å². The van der Waals surface area contributed by atoms with E-state index in [1.807, 2.05) is 0 Å². The van der Waals surface area contributed by atoms with Crippen LogP contribution in [0.2, 0.25) is 0 Å². The lowest BCUT2D eigenvalue weighted by atomic mass is 9.70. The zero-order valence-electron chi connectivity index (χ0n) is 43.8. The van der Waals surface area contributed by atoms with E-state index in [0.717, 1.165) is 17.1 Å². The van der Waals surface area contributed by atoms with Crippen LogP contribution in [0.4, 0.5) is 17.1 Å². The van der Waals surface area contributed by atoms with Gasteiger partial charge < -0.3 is 4.90 Å². The number of anilines is 3. The third kappa shape index (κ3) is 6.10. The number of hydrogen-bond donors (Lipinski definition) is 0. The molecule has 1 spiro atoms. The van der Waals surface area contributed by atoms with Crippen LogP contribution in [0, 0.1) is 5.92 Å². The topological polar surface area (TPSA) is 3.24 Å². The Labute approximate surface area is 437 Å². The smallest absolute Gasteiger partial charge is 0.0725 e. The molecule has 1 nitrogen and oxygen atoms in total. The molecule has 0 N–H and O–H groups in total. The molecule has 358 valence electrons. The van der Waals surface area contributed by atoms with Crippen molar-refractivity contribution in [3.05, 3.63) is 268 Å². The summed E-state index contributed by atoms with van der Waals surface area (Å²) in [5.74, 6) is 0.538. The maximum Gasteiger partial charge on any atom is 0.0725 e. The minimum atomic E-state index is -0.470. The summed E-state index contributed by atoms with van der Waals surface area (Å²) in [6, 6.07) is 83.8. The van der Waals surface area contributed by atoms with Crippen LogP contribution in [0.25, 0.3) is 66.8 Å². The number of hydrogen-bond acceptors (Lipinski definition) is 1. The highest BCUT2D eigenvalue weighted by Crippen LogP contribution is 2.64. The molecule has 4 aliphatic carbocycles. The van der Waals surface area contributed by atoms with Crippen molar-refractivity contribution in [3.63, 3.8) is 0 Å². The molecular weight excluding hydrogens is 891 g/mol. The van der Waals surface area contributed by atoms with Gasteiger partial charge in [-0.05, 0) is 177 Å². The number of rotatable bonds is 7. The van der Waals surface area contributed by atoms with E-state index in [4.69, 9.17) is 0 Å². The molecule has 0 heterocycles. The molecule has 14 rings (SSSR count). The van der Waals surface area contributed by atoms with Crippen LogP contribution in [-0.2, 0) is 21.7 Å². The summed E-state index contributed by atoms with van der Waals surface area (Å²) in [5, 5.41) is 0. The normalized spacial score (nSPS) is 16.5. The van der Waals surface area contributed by atoms with Crippen molar-refractivity contribution < 1.29 is 0 Å². The van der Waals surface area contributed by atoms with E-state index in [-0.39, 0.29) is 16.2 Å². The van der Waals surface area contributed by atoms with E-state index >= 15 is 0 Å². The summed E-state index contributed by atoms with van der Waals surface area (Å²) < 4.78 is 0. The SMILES string of the molecule is CC(C)C(C)(C)c1ccc(-c2ccc3c(c2)C2(c4ccccc4-c4ccc(-c5ccc(N(c6ccc7c(c6)C(C)(C)c6ccccc6-7)c6ccc7c(c6)C(C)(C)c6ccccc6-7)cc5)cc42)c2ccccc2-3)cc1. The van der Waals surface area contributed by atoms with Gasteiger partial charge in [-0.15, -0.1) is 0 Å². The molecule has 74 heavy (non-hydrogen) atoms. The van der Waals surface area contributed by atoms with E-state index in [2.05, 4.69) is 279 Å². The highest BCUT2D eigenvalue weighted by atomic mass is 15.1. The van der Waals surface area contributed by atoms with Crippen molar-refractivity contribution in [2.75, 3.05) is 4.90 Å². The standard InChI is InChI=1S/C73H61N/c1-45(2)70(3,4)50-31-25-46(26-32-50)48-29-37-60-56-19-11-15-23-64(56)73(68(60)41-48)65-24-16-12-20-57(65)61-38-30-49(42-69(61)73)47-27-33-51(34-28-47)74(52-35-39-58-54-17-9-13-21-62(54)71(5,6)66(58)43-52)53-36-40-59-55-18-10-14-22-63(55)72(7,8)67(59)44-53/h9-45H,1-8H3. The fourth-order valence-corrected chi connectivity index (χ4v) is 13.8. The predicted octanol–water partition coefficient (Wildman–Crippen LogP) is 19.4. The Morgan fingerprint density at radius 2 is 0.635 bits per heavy atom. The average Bonchev–Trinajstić information content (AvgIpc) is 4.05. The lowest BCUT2D eigenvalue weighted by Crippen LogP contribution is -2.26. The van der Waals surface area contributed by atoms with Gasteiger partial charge in [0.1, 0.15) is 0 Å². The quantitative estimate of drug-likeness (QED) is 0.154. The third-order valence-corrected chi connectivity index (χ3v) is 18.6. The first kappa shape index (κ1) is 44.7. The first-order valence-corrected chi connectivity index (χ1v) is 26.8. The second kappa shape index (κ2) is 15.8. The van der Waals surface area contributed by atoms with E-state index in [1.165, 1.54) is 117 Å². The van der Waals surface area contributed by atoms with Crippen LogP contribution in [0.5, 0.6) is 0 Å². The fraction of sp³-hybridized carbons (Fsp3) is 0.178. The van der Waals surface area contributed by atoms with Crippen LogP contribution >= 0.6 is 0 Å². The molecule has 1 heteroatoms. The maximum atomic E-state index is 2.52. The van der Waals surface area contributed by atoms with Gasteiger partial charge in [0.15, 0.2) is 0 Å². The maximum absolute atomic E-state index is 2.52. The summed E-state index contributed by atoms with van der Waals surface area (Å²) in [6.45, 7) is 18.9. The van der Waals surface area contributed by atoms with E-state index < -0.39 is 5.41 Å². The molecule has 10 aromatic carbocycles. The van der Waals surface area contributed by atoms with Gasteiger partial charge in [-0.2, -0.15) is 0 Å². The van der Waals surface area contributed by atoms with E-state index in [1.54, 1.807) is 0 Å². The molecule has 0 bridgehead atoms. The van der Waals surface area contributed by atoms with Crippen LogP contribution in [0.3, 0.4) is 0 Å². The molecule has 10 aromatic rings. The molecule has 1 unspecified atom stereocenters. The Balaban J connectivity index is 0.899. The molecule has 0 saturated carbocycles. The number of nitrogens with zero attached hydrogens (tertiary/aromatic N) is 1. The minimum absolute atomic E-state index is 0.0944. The van der Waals surface area contributed by atoms with Crippen molar-refractivity contribution in [2.24, 2.45) is 5.92 Å². The van der Waals surface area contributed by atoms with Crippen molar-refractivity contribution >= 4 is 17.1 Å². The van der Waals surface area contributed by atoms with E-state index in [0.29, 0.717) is 5.92 Å². The van der Waals surface area contributed by atoms with Crippen molar-refractivity contribution in [1.29, 1.82) is 0 Å². The van der Waals surface area contributed by atoms with Gasteiger partial charge in [0.05, 0.1) is 5.41 Å². The monoisotopic (exact) mass is 951 g/mol. The molecule has 0 radical (unpaired) electrons. The van der Waals surface area contributed by atoms with Gasteiger partial charge in [0.25, 0.3) is 0 Å². The van der Waals surface area contributed by atoms with Gasteiger partial charge in [0, 0.05) is 27.9 Å². The number of fused-ring (bicyclic) bond motifs is 16. The molecule has 0 amide bonds. The first-order chi connectivity index (χ1) is 35.8. The summed E-state index contributed by atoms with van der Waals surface area (Å²) in [7, 11) is 0. The molecular formula is C73H61N. The van der Waals surface area contributed by atoms with E-state index in [9.17, 15) is 0 Å². The summed E-state index contributed by atoms with van der Waals surface area (Å²) >= 11 is 0. The van der Waals surface area contributed by atoms with Gasteiger partial charge in [0.2, 0.25) is 0 Å². The highest BCUT2D eigenvalue weighted by molar-refractivity contribution is 5.97. The Kier molecular flexibility index (Phi) is 9.51. The Bertz CT molecular complexity index is 3830. The Morgan fingerprint density at radius 3 is 1.07 bits per heavy atom. The highest BCUT2D eigenvalue weighted by Gasteiger charge is 2.52. The summed E-state index contributed by atoms with van der Waals surface area (Å²) in [5.41, 5.74) is 30.7. The molecule has 1 atom stereocenters. The minimum Gasteiger partial charge on any atom is -0.310 e. The first-order valence-electron chi connectivity index (χ1n) is 26.8. The Morgan fingerprint density at radius 1 is 0.311 bits per heavy atom. The third-order valence-electron chi connectivity index (χ3n) is 18.6. The number of benzene rings is 10. The molecule has 4 aliphatic rings. The molecule has 0 saturated heterocycles. The lowest BCUT2D eigenvalue weighted by Gasteiger charge is -2.31.